The molecule has 0 unspecified atom stereocenters. The quantitative estimate of drug-likeness (QED) is 0.336. The third kappa shape index (κ3) is 8.30. The Balaban J connectivity index is 0.00000364. The highest BCUT2D eigenvalue weighted by atomic mass is 127. The number of carbonyl (C=O) groups is 1. The van der Waals surface area contributed by atoms with Crippen molar-refractivity contribution in [2.24, 2.45) is 4.99 Å². The zero-order chi connectivity index (χ0) is 18.9. The molecule has 2 rings (SSSR count). The first-order chi connectivity index (χ1) is 12.5. The van der Waals surface area contributed by atoms with Crippen LogP contribution in [0.25, 0.3) is 0 Å². The molecule has 1 amide bonds. The van der Waals surface area contributed by atoms with Gasteiger partial charge in [-0.2, -0.15) is 0 Å². The largest absolute Gasteiger partial charge is 0.357 e. The summed E-state index contributed by atoms with van der Waals surface area (Å²) in [6.07, 6.45) is 0. The molecule has 0 radical (unpaired) electrons. The average molecular weight is 508 g/mol. The Morgan fingerprint density at radius 3 is 2.56 bits per heavy atom. The normalized spacial score (nSPS) is 15.6. The Kier molecular flexibility index (Phi) is 11.2. The van der Waals surface area contributed by atoms with Crippen LogP contribution in [0.1, 0.15) is 44.3 Å². The van der Waals surface area contributed by atoms with Crippen LogP contribution in [0.15, 0.2) is 10.4 Å². The van der Waals surface area contributed by atoms with Crippen molar-refractivity contribution in [1.82, 2.24) is 25.4 Å². The second-order valence-electron chi connectivity index (χ2n) is 6.79. The number of amides is 1. The molecule has 0 aliphatic carbocycles. The average Bonchev–Trinajstić information content (AvgIpc) is 3.09. The van der Waals surface area contributed by atoms with E-state index in [1.54, 1.807) is 18.3 Å². The lowest BCUT2D eigenvalue weighted by Gasteiger charge is -2.34. The first kappa shape index (κ1) is 24.1. The van der Waals surface area contributed by atoms with Crippen LogP contribution in [0.4, 0.5) is 0 Å². The van der Waals surface area contributed by atoms with E-state index in [9.17, 15) is 4.79 Å². The summed E-state index contributed by atoms with van der Waals surface area (Å²) in [4.78, 5) is 24.9. The molecule has 2 heterocycles. The van der Waals surface area contributed by atoms with Gasteiger partial charge in [0.1, 0.15) is 5.01 Å². The van der Waals surface area contributed by atoms with E-state index in [4.69, 9.17) is 0 Å². The van der Waals surface area contributed by atoms with Gasteiger partial charge in [0.25, 0.3) is 0 Å². The van der Waals surface area contributed by atoms with Crippen molar-refractivity contribution in [3.63, 3.8) is 0 Å². The summed E-state index contributed by atoms with van der Waals surface area (Å²) in [7, 11) is 0. The molecular formula is C18H33IN6OS. The number of halogens is 1. The smallest absolute Gasteiger partial charge is 0.219 e. The van der Waals surface area contributed by atoms with Crippen LogP contribution in [-0.4, -0.2) is 72.5 Å². The molecule has 9 heteroatoms. The number of hydrogen-bond donors (Lipinski definition) is 2. The number of carbonyl (C=O) groups excluding carboxylic acids is 1. The van der Waals surface area contributed by atoms with Crippen molar-refractivity contribution in [3.05, 3.63) is 16.1 Å². The predicted molar refractivity (Wildman–Crippen MR) is 123 cm³/mol. The van der Waals surface area contributed by atoms with E-state index in [1.807, 2.05) is 4.90 Å². The molecule has 0 aromatic carbocycles. The van der Waals surface area contributed by atoms with E-state index in [0.717, 1.165) is 62.5 Å². The SMILES string of the molecule is CCNC(=NCc1nc(C(C)C)cs1)NCCN1CCN(C(C)=O)CC1.I. The minimum absolute atomic E-state index is 0. The van der Waals surface area contributed by atoms with Crippen LogP contribution >= 0.6 is 35.3 Å². The fraction of sp³-hybridized carbons (Fsp3) is 0.722. The maximum absolute atomic E-state index is 11.4. The molecule has 1 aliphatic rings. The van der Waals surface area contributed by atoms with Gasteiger partial charge in [-0.05, 0) is 12.8 Å². The Bertz CT molecular complexity index is 598. The third-order valence-electron chi connectivity index (χ3n) is 4.42. The molecule has 1 aromatic heterocycles. The summed E-state index contributed by atoms with van der Waals surface area (Å²) in [5.41, 5.74) is 1.14. The van der Waals surface area contributed by atoms with Gasteiger partial charge in [-0.1, -0.05) is 13.8 Å². The topological polar surface area (TPSA) is 72.9 Å². The van der Waals surface area contributed by atoms with Gasteiger partial charge in [0.05, 0.1) is 12.2 Å². The Labute approximate surface area is 184 Å². The van der Waals surface area contributed by atoms with Crippen molar-refractivity contribution in [3.8, 4) is 0 Å². The maximum atomic E-state index is 11.4. The summed E-state index contributed by atoms with van der Waals surface area (Å²) >= 11 is 1.67. The van der Waals surface area contributed by atoms with Crippen LogP contribution in [0.5, 0.6) is 0 Å². The molecule has 7 nitrogen and oxygen atoms in total. The van der Waals surface area contributed by atoms with Crippen LogP contribution < -0.4 is 10.6 Å². The number of aliphatic imine (C=N–C) groups is 1. The van der Waals surface area contributed by atoms with Gasteiger partial charge in [0, 0.05) is 58.1 Å². The van der Waals surface area contributed by atoms with E-state index >= 15 is 0 Å². The molecule has 0 saturated carbocycles. The van der Waals surface area contributed by atoms with E-state index in [0.29, 0.717) is 12.5 Å². The monoisotopic (exact) mass is 508 g/mol. The summed E-state index contributed by atoms with van der Waals surface area (Å²) in [6, 6.07) is 0. The van der Waals surface area contributed by atoms with E-state index in [-0.39, 0.29) is 29.9 Å². The van der Waals surface area contributed by atoms with Gasteiger partial charge in [-0.3, -0.25) is 9.69 Å². The Hall–Kier alpha value is -0.940. The van der Waals surface area contributed by atoms with Crippen LogP contribution in [0.3, 0.4) is 0 Å². The highest BCUT2D eigenvalue weighted by Crippen LogP contribution is 2.18. The second-order valence-corrected chi connectivity index (χ2v) is 7.73. The molecule has 1 aromatic rings. The molecule has 0 spiro atoms. The van der Waals surface area contributed by atoms with Crippen molar-refractivity contribution >= 4 is 47.2 Å². The number of guanidine groups is 1. The van der Waals surface area contributed by atoms with E-state index < -0.39 is 0 Å². The predicted octanol–water partition coefficient (Wildman–Crippen LogP) is 2.10. The van der Waals surface area contributed by atoms with Gasteiger partial charge in [-0.25, -0.2) is 9.98 Å². The van der Waals surface area contributed by atoms with Gasteiger partial charge in [0.2, 0.25) is 5.91 Å². The molecule has 0 bridgehead atoms. The van der Waals surface area contributed by atoms with Crippen LogP contribution in [0, 0.1) is 0 Å². The van der Waals surface area contributed by atoms with Crippen molar-refractivity contribution < 1.29 is 4.79 Å². The second kappa shape index (κ2) is 12.5. The molecular weight excluding hydrogens is 475 g/mol. The van der Waals surface area contributed by atoms with Crippen molar-refractivity contribution in [2.75, 3.05) is 45.8 Å². The lowest BCUT2D eigenvalue weighted by Crippen LogP contribution is -2.50. The van der Waals surface area contributed by atoms with Gasteiger partial charge in [0.15, 0.2) is 5.96 Å². The number of thiazole rings is 1. The minimum atomic E-state index is 0. The van der Waals surface area contributed by atoms with Gasteiger partial charge >= 0.3 is 0 Å². The Morgan fingerprint density at radius 1 is 1.30 bits per heavy atom. The van der Waals surface area contributed by atoms with E-state index in [1.165, 1.54) is 0 Å². The summed E-state index contributed by atoms with van der Waals surface area (Å²) in [5.74, 6) is 1.46. The van der Waals surface area contributed by atoms with Gasteiger partial charge in [-0.15, -0.1) is 35.3 Å². The molecule has 154 valence electrons. The summed E-state index contributed by atoms with van der Waals surface area (Å²) in [5, 5.41) is 9.85. The Morgan fingerprint density at radius 2 is 2.00 bits per heavy atom. The van der Waals surface area contributed by atoms with Gasteiger partial charge < -0.3 is 15.5 Å². The molecule has 1 saturated heterocycles. The molecule has 2 N–H and O–H groups in total. The van der Waals surface area contributed by atoms with E-state index in [2.05, 4.69) is 51.7 Å². The summed E-state index contributed by atoms with van der Waals surface area (Å²) < 4.78 is 0. The molecule has 1 aliphatic heterocycles. The fourth-order valence-electron chi connectivity index (χ4n) is 2.77. The first-order valence-electron chi connectivity index (χ1n) is 9.44. The number of nitrogens with zero attached hydrogens (tertiary/aromatic N) is 4. The number of hydrogen-bond acceptors (Lipinski definition) is 5. The van der Waals surface area contributed by atoms with Crippen LogP contribution in [0.2, 0.25) is 0 Å². The minimum Gasteiger partial charge on any atom is -0.357 e. The maximum Gasteiger partial charge on any atom is 0.219 e. The number of piperazine rings is 1. The molecule has 27 heavy (non-hydrogen) atoms. The summed E-state index contributed by atoms with van der Waals surface area (Å²) in [6.45, 7) is 14.8. The third-order valence-corrected chi connectivity index (χ3v) is 5.27. The lowest BCUT2D eigenvalue weighted by atomic mass is 10.2. The van der Waals surface area contributed by atoms with Crippen LogP contribution in [-0.2, 0) is 11.3 Å². The zero-order valence-electron chi connectivity index (χ0n) is 16.8. The molecule has 1 fully saturated rings. The highest BCUT2D eigenvalue weighted by molar-refractivity contribution is 14.0. The standard InChI is InChI=1S/C18H32N6OS.HI/c1-5-19-18(21-12-17-22-16(13-26-17)14(2)3)20-6-7-23-8-10-24(11-9-23)15(4)25;/h13-14H,5-12H2,1-4H3,(H2,19,20,21);1H. The molecule has 0 atom stereocenters. The zero-order valence-corrected chi connectivity index (χ0v) is 20.0. The van der Waals surface area contributed by atoms with Crippen molar-refractivity contribution in [2.45, 2.75) is 40.2 Å². The van der Waals surface area contributed by atoms with Crippen molar-refractivity contribution in [1.29, 1.82) is 0 Å². The number of aromatic nitrogens is 1. The number of nitrogens with one attached hydrogen (secondary N) is 2. The fourth-order valence-corrected chi connectivity index (χ4v) is 3.65. The first-order valence-corrected chi connectivity index (χ1v) is 10.3. The number of rotatable bonds is 7. The lowest BCUT2D eigenvalue weighted by molar-refractivity contribution is -0.130. The highest BCUT2D eigenvalue weighted by Gasteiger charge is 2.17.